The number of thiazole rings is 1. The first kappa shape index (κ1) is 13.9. The largest absolute Gasteiger partial charge is 0.416 e. The van der Waals surface area contributed by atoms with Gasteiger partial charge in [0.2, 0.25) is 0 Å². The van der Waals surface area contributed by atoms with Crippen LogP contribution in [0.4, 0.5) is 18.3 Å². The van der Waals surface area contributed by atoms with Gasteiger partial charge in [0.25, 0.3) is 0 Å². The summed E-state index contributed by atoms with van der Waals surface area (Å²) in [6, 6.07) is 5.32. The normalized spacial score (nSPS) is 12.0. The number of hydrogen-bond acceptors (Lipinski definition) is 5. The average Bonchev–Trinajstić information content (AvgIpc) is 2.99. The molecule has 0 aliphatic rings. The molecule has 0 radical (unpaired) electrons. The molecule has 0 aliphatic carbocycles. The van der Waals surface area contributed by atoms with Crippen LogP contribution in [0.3, 0.4) is 0 Å². The molecule has 8 heteroatoms. The van der Waals surface area contributed by atoms with E-state index in [0.717, 1.165) is 17.8 Å². The highest BCUT2D eigenvalue weighted by Crippen LogP contribution is 2.34. The van der Waals surface area contributed by atoms with Gasteiger partial charge < -0.3 is 9.84 Å². The minimum atomic E-state index is -4.36. The molecular formula is C13H10F3N3OS. The van der Waals surface area contributed by atoms with Gasteiger partial charge in [-0.2, -0.15) is 13.2 Å². The summed E-state index contributed by atoms with van der Waals surface area (Å²) in [5.74, 6) is 0.641. The molecule has 21 heavy (non-hydrogen) atoms. The number of aromatic nitrogens is 2. The third-order valence-electron chi connectivity index (χ3n) is 2.81. The second kappa shape index (κ2) is 5.03. The van der Waals surface area contributed by atoms with Crippen molar-refractivity contribution in [2.24, 2.45) is 0 Å². The van der Waals surface area contributed by atoms with Gasteiger partial charge in [0, 0.05) is 6.07 Å². The molecule has 0 bridgehead atoms. The summed E-state index contributed by atoms with van der Waals surface area (Å²) in [6.45, 7) is 2.19. The minimum absolute atomic E-state index is 0.325. The summed E-state index contributed by atoms with van der Waals surface area (Å²) >= 11 is 1.29. The number of aryl methyl sites for hydroxylation is 1. The van der Waals surface area contributed by atoms with Crippen molar-refractivity contribution in [2.75, 3.05) is 5.32 Å². The van der Waals surface area contributed by atoms with Gasteiger partial charge in [-0.15, -0.1) is 0 Å². The van der Waals surface area contributed by atoms with Crippen LogP contribution in [0, 0.1) is 6.92 Å². The molecule has 0 aliphatic heterocycles. The number of nitrogens with zero attached hydrogens (tertiary/aromatic N) is 2. The van der Waals surface area contributed by atoms with E-state index in [2.05, 4.69) is 15.5 Å². The van der Waals surface area contributed by atoms with Crippen LogP contribution < -0.4 is 5.32 Å². The lowest BCUT2D eigenvalue weighted by molar-refractivity contribution is -0.137. The van der Waals surface area contributed by atoms with Gasteiger partial charge in [0.05, 0.1) is 28.0 Å². The molecule has 2 aromatic heterocycles. The Balaban J connectivity index is 1.80. The number of benzene rings is 1. The Morgan fingerprint density at radius 2 is 2.10 bits per heavy atom. The molecule has 0 atom stereocenters. The lowest BCUT2D eigenvalue weighted by Gasteiger charge is -2.04. The van der Waals surface area contributed by atoms with Crippen LogP contribution in [0.15, 0.2) is 28.8 Å². The van der Waals surface area contributed by atoms with E-state index >= 15 is 0 Å². The van der Waals surface area contributed by atoms with Crippen molar-refractivity contribution in [3.63, 3.8) is 0 Å². The molecule has 2 heterocycles. The maximum absolute atomic E-state index is 12.6. The fourth-order valence-corrected chi connectivity index (χ4v) is 2.68. The molecule has 0 unspecified atom stereocenters. The quantitative estimate of drug-likeness (QED) is 0.786. The average molecular weight is 313 g/mol. The molecule has 0 fully saturated rings. The molecular weight excluding hydrogens is 303 g/mol. The van der Waals surface area contributed by atoms with Crippen molar-refractivity contribution in [3.8, 4) is 0 Å². The Morgan fingerprint density at radius 1 is 1.29 bits per heavy atom. The van der Waals surface area contributed by atoms with E-state index in [9.17, 15) is 13.2 Å². The highest BCUT2D eigenvalue weighted by atomic mass is 32.1. The fourth-order valence-electron chi connectivity index (χ4n) is 1.84. The first-order chi connectivity index (χ1) is 9.91. The zero-order valence-corrected chi connectivity index (χ0v) is 11.7. The molecule has 1 N–H and O–H groups in total. The summed E-state index contributed by atoms with van der Waals surface area (Å²) < 4.78 is 43.6. The van der Waals surface area contributed by atoms with Crippen LogP contribution in [0.5, 0.6) is 0 Å². The van der Waals surface area contributed by atoms with E-state index < -0.39 is 11.7 Å². The van der Waals surface area contributed by atoms with E-state index in [1.54, 1.807) is 6.07 Å². The Morgan fingerprint density at radius 3 is 2.76 bits per heavy atom. The van der Waals surface area contributed by atoms with Gasteiger partial charge in [-0.05, 0) is 25.1 Å². The number of rotatable bonds is 3. The lowest BCUT2D eigenvalue weighted by atomic mass is 10.2. The Kier molecular flexibility index (Phi) is 3.32. The van der Waals surface area contributed by atoms with Crippen LogP contribution in [0.25, 0.3) is 10.2 Å². The van der Waals surface area contributed by atoms with Gasteiger partial charge in [0.1, 0.15) is 0 Å². The molecule has 4 nitrogen and oxygen atoms in total. The van der Waals surface area contributed by atoms with E-state index in [0.29, 0.717) is 27.7 Å². The second-order valence-electron chi connectivity index (χ2n) is 4.49. The minimum Gasteiger partial charge on any atom is -0.359 e. The van der Waals surface area contributed by atoms with Gasteiger partial charge in [-0.1, -0.05) is 16.5 Å². The van der Waals surface area contributed by atoms with Gasteiger partial charge in [-0.25, -0.2) is 4.98 Å². The highest BCUT2D eigenvalue weighted by molar-refractivity contribution is 7.22. The topological polar surface area (TPSA) is 51.0 Å². The van der Waals surface area contributed by atoms with Gasteiger partial charge >= 0.3 is 6.18 Å². The van der Waals surface area contributed by atoms with Gasteiger partial charge in [0.15, 0.2) is 10.9 Å². The predicted molar refractivity (Wildman–Crippen MR) is 73.2 cm³/mol. The van der Waals surface area contributed by atoms with Crippen molar-refractivity contribution < 1.29 is 17.7 Å². The SMILES string of the molecule is Cc1cc(CNc2nc3cc(C(F)(F)F)ccc3s2)on1. The van der Waals surface area contributed by atoms with Crippen molar-refractivity contribution in [1.29, 1.82) is 0 Å². The number of nitrogens with one attached hydrogen (secondary N) is 1. The first-order valence-electron chi connectivity index (χ1n) is 6.06. The number of hydrogen-bond donors (Lipinski definition) is 1. The monoisotopic (exact) mass is 313 g/mol. The summed E-state index contributed by atoms with van der Waals surface area (Å²) in [5.41, 5.74) is 0.398. The third-order valence-corrected chi connectivity index (χ3v) is 3.80. The van der Waals surface area contributed by atoms with Crippen molar-refractivity contribution >= 4 is 26.7 Å². The first-order valence-corrected chi connectivity index (χ1v) is 6.87. The molecule has 0 amide bonds. The Labute approximate surface area is 121 Å². The molecule has 3 aromatic rings. The lowest BCUT2D eigenvalue weighted by Crippen LogP contribution is -2.04. The molecule has 3 rings (SSSR count). The summed E-state index contributed by atoms with van der Waals surface area (Å²) in [6.07, 6.45) is -4.36. The number of anilines is 1. The summed E-state index contributed by atoms with van der Waals surface area (Å²) in [4.78, 5) is 4.15. The van der Waals surface area contributed by atoms with Crippen molar-refractivity contribution in [3.05, 3.63) is 41.3 Å². The number of fused-ring (bicyclic) bond motifs is 1. The van der Waals surface area contributed by atoms with E-state index in [1.807, 2.05) is 6.92 Å². The Hall–Kier alpha value is -2.09. The van der Waals surface area contributed by atoms with E-state index in [-0.39, 0.29) is 0 Å². The molecule has 0 spiro atoms. The van der Waals surface area contributed by atoms with Crippen LogP contribution in [0.2, 0.25) is 0 Å². The smallest absolute Gasteiger partial charge is 0.359 e. The highest BCUT2D eigenvalue weighted by Gasteiger charge is 2.30. The van der Waals surface area contributed by atoms with Crippen LogP contribution in [-0.2, 0) is 12.7 Å². The molecule has 1 aromatic carbocycles. The number of alkyl halides is 3. The number of halogens is 3. The Bertz CT molecular complexity index is 778. The molecule has 0 saturated heterocycles. The maximum Gasteiger partial charge on any atom is 0.416 e. The predicted octanol–water partition coefficient (Wildman–Crippen LogP) is 4.22. The maximum atomic E-state index is 12.6. The zero-order valence-electron chi connectivity index (χ0n) is 10.9. The van der Waals surface area contributed by atoms with Crippen LogP contribution in [0.1, 0.15) is 17.0 Å². The van der Waals surface area contributed by atoms with Crippen LogP contribution >= 0.6 is 11.3 Å². The van der Waals surface area contributed by atoms with Crippen molar-refractivity contribution in [2.45, 2.75) is 19.6 Å². The van der Waals surface area contributed by atoms with Crippen molar-refractivity contribution in [1.82, 2.24) is 10.1 Å². The standard InChI is InChI=1S/C13H10F3N3OS/c1-7-4-9(20-19-7)6-17-12-18-10-5-8(13(14,15)16)2-3-11(10)21-12/h2-5H,6H2,1H3,(H,17,18). The second-order valence-corrected chi connectivity index (χ2v) is 5.52. The summed E-state index contributed by atoms with van der Waals surface area (Å²) in [7, 11) is 0. The third kappa shape index (κ3) is 2.99. The molecule has 0 saturated carbocycles. The van der Waals surface area contributed by atoms with Gasteiger partial charge in [-0.3, -0.25) is 0 Å². The molecule has 110 valence electrons. The van der Waals surface area contributed by atoms with E-state index in [1.165, 1.54) is 17.4 Å². The van der Waals surface area contributed by atoms with Crippen LogP contribution in [-0.4, -0.2) is 10.1 Å². The van der Waals surface area contributed by atoms with E-state index in [4.69, 9.17) is 4.52 Å². The summed E-state index contributed by atoms with van der Waals surface area (Å²) in [5, 5.41) is 7.31. The zero-order chi connectivity index (χ0) is 15.0. The fraction of sp³-hybridized carbons (Fsp3) is 0.231.